The van der Waals surface area contributed by atoms with Crippen molar-refractivity contribution in [3.05, 3.63) is 17.0 Å². The molecule has 0 spiro atoms. The third-order valence-corrected chi connectivity index (χ3v) is 5.94. The van der Waals surface area contributed by atoms with Crippen LogP contribution in [0.5, 0.6) is 0 Å². The Morgan fingerprint density at radius 1 is 1.36 bits per heavy atom. The molecule has 1 saturated heterocycles. The van der Waals surface area contributed by atoms with Crippen LogP contribution in [0.4, 0.5) is 0 Å². The van der Waals surface area contributed by atoms with E-state index in [1.165, 1.54) is 0 Å². The normalized spacial score (nSPS) is 19.9. The van der Waals surface area contributed by atoms with Crippen LogP contribution in [0.1, 0.15) is 36.8 Å². The first kappa shape index (κ1) is 17.4. The Balaban J connectivity index is 1.74. The Bertz CT molecular complexity index is 563. The molecule has 1 aliphatic rings. The van der Waals surface area contributed by atoms with E-state index >= 15 is 0 Å². The number of hydrogen-bond donors (Lipinski definition) is 0. The molecule has 2 rings (SSSR count). The zero-order chi connectivity index (χ0) is 16.2. The first-order valence-corrected chi connectivity index (χ1v) is 9.69. The van der Waals surface area contributed by atoms with Crippen molar-refractivity contribution < 1.29 is 17.7 Å². The van der Waals surface area contributed by atoms with Crippen molar-refractivity contribution in [3.8, 4) is 0 Å². The van der Waals surface area contributed by atoms with Crippen LogP contribution in [-0.2, 0) is 21.2 Å². The van der Waals surface area contributed by atoms with Gasteiger partial charge >= 0.3 is 0 Å². The molecule has 1 aromatic heterocycles. The van der Waals surface area contributed by atoms with Gasteiger partial charge < -0.3 is 9.26 Å². The van der Waals surface area contributed by atoms with Crippen LogP contribution in [0, 0.1) is 13.8 Å². The van der Waals surface area contributed by atoms with Crippen molar-refractivity contribution in [3.63, 3.8) is 0 Å². The quantitative estimate of drug-likeness (QED) is 0.722. The lowest BCUT2D eigenvalue weighted by Crippen LogP contribution is -2.29. The highest BCUT2D eigenvalue weighted by Crippen LogP contribution is 2.18. The van der Waals surface area contributed by atoms with E-state index < -0.39 is 9.84 Å². The van der Waals surface area contributed by atoms with Crippen molar-refractivity contribution >= 4 is 9.84 Å². The summed E-state index contributed by atoms with van der Waals surface area (Å²) < 4.78 is 34.6. The molecule has 0 amide bonds. The lowest BCUT2D eigenvalue weighted by atomic mass is 10.2. The predicted molar refractivity (Wildman–Crippen MR) is 84.6 cm³/mol. The van der Waals surface area contributed by atoms with Gasteiger partial charge in [0.25, 0.3) is 0 Å². The van der Waals surface area contributed by atoms with Gasteiger partial charge in [0.05, 0.1) is 24.2 Å². The summed E-state index contributed by atoms with van der Waals surface area (Å²) in [4.78, 5) is 2.17. The molecular formula is C15H26N2O4S. The van der Waals surface area contributed by atoms with Crippen LogP contribution in [0.2, 0.25) is 0 Å². The molecule has 0 aromatic carbocycles. The average molecular weight is 330 g/mol. The molecule has 1 atom stereocenters. The van der Waals surface area contributed by atoms with E-state index in [0.29, 0.717) is 19.6 Å². The first-order valence-electron chi connectivity index (χ1n) is 7.87. The molecule has 1 aromatic rings. The van der Waals surface area contributed by atoms with E-state index in [2.05, 4.69) is 10.1 Å². The summed E-state index contributed by atoms with van der Waals surface area (Å²) in [7, 11) is -2.90. The van der Waals surface area contributed by atoms with Gasteiger partial charge in [-0.3, -0.25) is 4.90 Å². The van der Waals surface area contributed by atoms with Crippen LogP contribution in [-0.4, -0.2) is 55.7 Å². The highest BCUT2D eigenvalue weighted by atomic mass is 32.2. The second kappa shape index (κ2) is 7.57. The standard InChI is InChI=1S/C15H26N2O4S/c1-4-8-22(18,19)9-7-17-6-5-14(10-17)20-11-15-12(2)16-21-13(15)3/h14H,4-11H2,1-3H3. The maximum Gasteiger partial charge on any atom is 0.151 e. The lowest BCUT2D eigenvalue weighted by Gasteiger charge is -2.16. The Labute approximate surface area is 132 Å². The first-order chi connectivity index (χ1) is 10.4. The monoisotopic (exact) mass is 330 g/mol. The third kappa shape index (κ3) is 4.79. The van der Waals surface area contributed by atoms with Crippen LogP contribution in [0.15, 0.2) is 4.52 Å². The number of likely N-dealkylation sites (tertiary alicyclic amines) is 1. The van der Waals surface area contributed by atoms with Gasteiger partial charge in [-0.05, 0) is 26.7 Å². The fourth-order valence-electron chi connectivity index (χ4n) is 2.73. The van der Waals surface area contributed by atoms with Crippen molar-refractivity contribution in [1.29, 1.82) is 0 Å². The Hall–Kier alpha value is -0.920. The van der Waals surface area contributed by atoms with Crippen molar-refractivity contribution in [2.45, 2.75) is 46.3 Å². The molecule has 1 fully saturated rings. The second-order valence-electron chi connectivity index (χ2n) is 5.98. The van der Waals surface area contributed by atoms with Gasteiger partial charge in [0.2, 0.25) is 0 Å². The lowest BCUT2D eigenvalue weighted by molar-refractivity contribution is 0.0462. The summed E-state index contributed by atoms with van der Waals surface area (Å²) in [5, 5.41) is 3.92. The molecule has 0 aliphatic carbocycles. The number of aromatic nitrogens is 1. The van der Waals surface area contributed by atoms with Gasteiger partial charge in [0, 0.05) is 31.0 Å². The molecule has 0 bridgehead atoms. The van der Waals surface area contributed by atoms with Gasteiger partial charge in [-0.15, -0.1) is 0 Å². The molecule has 0 saturated carbocycles. The van der Waals surface area contributed by atoms with Crippen LogP contribution in [0.25, 0.3) is 0 Å². The SMILES string of the molecule is CCCS(=O)(=O)CCN1CCC(OCc2c(C)noc2C)C1. The summed E-state index contributed by atoms with van der Waals surface area (Å²) in [6, 6.07) is 0. The predicted octanol–water partition coefficient (Wildman–Crippen LogP) is 1.71. The van der Waals surface area contributed by atoms with Gasteiger partial charge in [-0.1, -0.05) is 12.1 Å². The van der Waals surface area contributed by atoms with Gasteiger partial charge in [0.15, 0.2) is 9.84 Å². The fourth-order valence-corrected chi connectivity index (χ4v) is 4.09. The van der Waals surface area contributed by atoms with Crippen LogP contribution >= 0.6 is 0 Å². The molecule has 0 N–H and O–H groups in total. The second-order valence-corrected chi connectivity index (χ2v) is 8.28. The minimum absolute atomic E-state index is 0.155. The van der Waals surface area contributed by atoms with Crippen molar-refractivity contribution in [2.75, 3.05) is 31.1 Å². The number of sulfone groups is 1. The van der Waals surface area contributed by atoms with Gasteiger partial charge in [-0.2, -0.15) is 0 Å². The summed E-state index contributed by atoms with van der Waals surface area (Å²) in [6.45, 7) is 8.50. The highest BCUT2D eigenvalue weighted by Gasteiger charge is 2.25. The number of aryl methyl sites for hydroxylation is 2. The maximum atomic E-state index is 11.7. The zero-order valence-electron chi connectivity index (χ0n) is 13.7. The van der Waals surface area contributed by atoms with Crippen LogP contribution < -0.4 is 0 Å². The van der Waals surface area contributed by atoms with Crippen LogP contribution in [0.3, 0.4) is 0 Å². The molecule has 6 nitrogen and oxygen atoms in total. The summed E-state index contributed by atoms with van der Waals surface area (Å²) in [5.74, 6) is 1.34. The van der Waals surface area contributed by atoms with Gasteiger partial charge in [0.1, 0.15) is 5.76 Å². The van der Waals surface area contributed by atoms with E-state index in [-0.39, 0.29) is 17.6 Å². The summed E-state index contributed by atoms with van der Waals surface area (Å²) in [6.07, 6.45) is 1.78. The smallest absolute Gasteiger partial charge is 0.151 e. The molecule has 2 heterocycles. The minimum Gasteiger partial charge on any atom is -0.372 e. The molecule has 0 radical (unpaired) electrons. The molecule has 1 aliphatic heterocycles. The molecule has 7 heteroatoms. The summed E-state index contributed by atoms with van der Waals surface area (Å²) >= 11 is 0. The number of ether oxygens (including phenoxy) is 1. The van der Waals surface area contributed by atoms with Crippen molar-refractivity contribution in [1.82, 2.24) is 10.1 Å². The Morgan fingerprint density at radius 3 is 2.77 bits per heavy atom. The molecule has 22 heavy (non-hydrogen) atoms. The fraction of sp³-hybridized carbons (Fsp3) is 0.800. The maximum absolute atomic E-state index is 11.7. The molecule has 1 unspecified atom stereocenters. The summed E-state index contributed by atoms with van der Waals surface area (Å²) in [5.41, 5.74) is 1.89. The average Bonchev–Trinajstić information content (AvgIpc) is 3.02. The topological polar surface area (TPSA) is 72.6 Å². The van der Waals surface area contributed by atoms with E-state index in [0.717, 1.165) is 36.5 Å². The van der Waals surface area contributed by atoms with E-state index in [9.17, 15) is 8.42 Å². The number of rotatable bonds is 8. The van der Waals surface area contributed by atoms with E-state index in [1.807, 2.05) is 20.8 Å². The number of hydrogen-bond acceptors (Lipinski definition) is 6. The van der Waals surface area contributed by atoms with Crippen molar-refractivity contribution in [2.24, 2.45) is 0 Å². The van der Waals surface area contributed by atoms with E-state index in [1.54, 1.807) is 0 Å². The molecule has 126 valence electrons. The van der Waals surface area contributed by atoms with Gasteiger partial charge in [-0.25, -0.2) is 8.42 Å². The largest absolute Gasteiger partial charge is 0.372 e. The Morgan fingerprint density at radius 2 is 2.14 bits per heavy atom. The zero-order valence-corrected chi connectivity index (χ0v) is 14.5. The van der Waals surface area contributed by atoms with E-state index in [4.69, 9.17) is 9.26 Å². The molecular weight excluding hydrogens is 304 g/mol. The number of nitrogens with zero attached hydrogens (tertiary/aromatic N) is 2. The Kier molecular flexibility index (Phi) is 6.00. The highest BCUT2D eigenvalue weighted by molar-refractivity contribution is 7.91. The minimum atomic E-state index is -2.90. The third-order valence-electron chi connectivity index (χ3n) is 4.11.